The third-order valence-corrected chi connectivity index (χ3v) is 3.84. The maximum absolute atomic E-state index is 5.50. The van der Waals surface area contributed by atoms with Crippen molar-refractivity contribution in [2.24, 2.45) is 0 Å². The molecule has 0 amide bonds. The van der Waals surface area contributed by atoms with Crippen molar-refractivity contribution < 1.29 is 14.2 Å². The Hall–Kier alpha value is -1.42. The fraction of sp³-hybridized carbons (Fsp3) is 0.600. The Morgan fingerprint density at radius 3 is 2.16 bits per heavy atom. The predicted molar refractivity (Wildman–Crippen MR) is 75.4 cm³/mol. The zero-order valence-electron chi connectivity index (χ0n) is 12.2. The number of rotatable bonds is 5. The van der Waals surface area contributed by atoms with E-state index in [2.05, 4.69) is 12.2 Å². The molecule has 1 heterocycles. The number of benzene rings is 1. The first kappa shape index (κ1) is 14.0. The van der Waals surface area contributed by atoms with E-state index in [1.807, 2.05) is 12.1 Å². The van der Waals surface area contributed by atoms with Crippen molar-refractivity contribution in [2.45, 2.75) is 31.7 Å². The average Bonchev–Trinajstić information content (AvgIpc) is 2.85. The van der Waals surface area contributed by atoms with E-state index < -0.39 is 0 Å². The molecule has 1 saturated heterocycles. The molecule has 4 heteroatoms. The van der Waals surface area contributed by atoms with Gasteiger partial charge in [0.15, 0.2) is 0 Å². The molecule has 0 radical (unpaired) electrons. The summed E-state index contributed by atoms with van der Waals surface area (Å²) < 4.78 is 16.3. The van der Waals surface area contributed by atoms with Gasteiger partial charge < -0.3 is 19.5 Å². The van der Waals surface area contributed by atoms with Gasteiger partial charge in [0, 0.05) is 23.2 Å². The van der Waals surface area contributed by atoms with Gasteiger partial charge in [0.05, 0.1) is 21.3 Å². The number of nitrogens with one attached hydrogen (secondary N) is 1. The second-order valence-electron chi connectivity index (χ2n) is 5.28. The summed E-state index contributed by atoms with van der Waals surface area (Å²) in [6.07, 6.45) is 3.28. The van der Waals surface area contributed by atoms with Crippen molar-refractivity contribution in [3.8, 4) is 17.2 Å². The highest BCUT2D eigenvalue weighted by molar-refractivity contribution is 5.51. The molecule has 1 fully saturated rings. The van der Waals surface area contributed by atoms with Gasteiger partial charge in [-0.2, -0.15) is 0 Å². The minimum atomic E-state index is 0.120. The van der Waals surface area contributed by atoms with Crippen molar-refractivity contribution in [3.63, 3.8) is 0 Å². The van der Waals surface area contributed by atoms with Gasteiger partial charge >= 0.3 is 0 Å². The maximum Gasteiger partial charge on any atom is 0.129 e. The van der Waals surface area contributed by atoms with Crippen molar-refractivity contribution in [3.05, 3.63) is 17.7 Å². The molecular formula is C15H23NO3. The largest absolute Gasteiger partial charge is 0.496 e. The summed E-state index contributed by atoms with van der Waals surface area (Å²) in [5.41, 5.74) is 1.22. The monoisotopic (exact) mass is 265 g/mol. The fourth-order valence-corrected chi connectivity index (χ4v) is 2.75. The lowest BCUT2D eigenvalue weighted by atomic mass is 9.90. The normalized spacial score (nSPS) is 22.3. The Balaban J connectivity index is 2.36. The quantitative estimate of drug-likeness (QED) is 0.887. The van der Waals surface area contributed by atoms with Crippen LogP contribution in [0.25, 0.3) is 0 Å². The fourth-order valence-electron chi connectivity index (χ4n) is 2.75. The second kappa shape index (κ2) is 5.70. The van der Waals surface area contributed by atoms with Gasteiger partial charge in [0.2, 0.25) is 0 Å². The van der Waals surface area contributed by atoms with Crippen molar-refractivity contribution in [1.82, 2.24) is 5.32 Å². The Bertz CT molecular complexity index is 414. The van der Waals surface area contributed by atoms with Gasteiger partial charge in [-0.15, -0.1) is 0 Å². The van der Waals surface area contributed by atoms with E-state index in [0.717, 1.165) is 35.8 Å². The number of methoxy groups -OCH3 is 3. The van der Waals surface area contributed by atoms with Crippen LogP contribution in [-0.2, 0) is 6.42 Å². The van der Waals surface area contributed by atoms with E-state index in [-0.39, 0.29) is 5.54 Å². The highest BCUT2D eigenvalue weighted by atomic mass is 16.5. The van der Waals surface area contributed by atoms with E-state index in [1.165, 1.54) is 12.8 Å². The average molecular weight is 265 g/mol. The zero-order valence-corrected chi connectivity index (χ0v) is 12.2. The summed E-state index contributed by atoms with van der Waals surface area (Å²) in [6.45, 7) is 3.33. The van der Waals surface area contributed by atoms with Crippen LogP contribution in [0.1, 0.15) is 25.3 Å². The molecule has 0 aromatic heterocycles. The van der Waals surface area contributed by atoms with Crippen LogP contribution in [0.4, 0.5) is 0 Å². The lowest BCUT2D eigenvalue weighted by Gasteiger charge is -2.26. The Morgan fingerprint density at radius 2 is 1.74 bits per heavy atom. The third kappa shape index (κ3) is 2.95. The lowest BCUT2D eigenvalue weighted by molar-refractivity contribution is 0.350. The first-order chi connectivity index (χ1) is 9.11. The molecule has 1 N–H and O–H groups in total. The summed E-state index contributed by atoms with van der Waals surface area (Å²) in [6, 6.07) is 3.83. The molecule has 0 spiro atoms. The van der Waals surface area contributed by atoms with E-state index in [4.69, 9.17) is 14.2 Å². The van der Waals surface area contributed by atoms with Gasteiger partial charge in [-0.25, -0.2) is 0 Å². The predicted octanol–water partition coefficient (Wildman–Crippen LogP) is 2.40. The van der Waals surface area contributed by atoms with Crippen LogP contribution in [0.3, 0.4) is 0 Å². The zero-order chi connectivity index (χ0) is 13.9. The molecule has 1 aromatic rings. The molecule has 1 unspecified atom stereocenters. The summed E-state index contributed by atoms with van der Waals surface area (Å²) in [5, 5.41) is 3.57. The van der Waals surface area contributed by atoms with Crippen LogP contribution < -0.4 is 19.5 Å². The first-order valence-electron chi connectivity index (χ1n) is 6.66. The van der Waals surface area contributed by atoms with Crippen LogP contribution in [0.2, 0.25) is 0 Å². The molecule has 19 heavy (non-hydrogen) atoms. The lowest BCUT2D eigenvalue weighted by Crippen LogP contribution is -2.38. The Labute approximate surface area is 115 Å². The smallest absolute Gasteiger partial charge is 0.129 e. The van der Waals surface area contributed by atoms with Gasteiger partial charge in [0.1, 0.15) is 17.2 Å². The molecule has 4 nitrogen and oxygen atoms in total. The molecule has 2 rings (SSSR count). The maximum atomic E-state index is 5.50. The van der Waals surface area contributed by atoms with Gasteiger partial charge in [0.25, 0.3) is 0 Å². The molecule has 1 aromatic carbocycles. The summed E-state index contributed by atoms with van der Waals surface area (Å²) in [5.74, 6) is 2.40. The Morgan fingerprint density at radius 1 is 1.11 bits per heavy atom. The topological polar surface area (TPSA) is 39.7 Å². The molecule has 106 valence electrons. The molecule has 1 aliphatic heterocycles. The van der Waals surface area contributed by atoms with E-state index in [0.29, 0.717) is 0 Å². The second-order valence-corrected chi connectivity index (χ2v) is 5.28. The Kier molecular flexibility index (Phi) is 4.20. The van der Waals surface area contributed by atoms with E-state index >= 15 is 0 Å². The number of hydrogen-bond acceptors (Lipinski definition) is 4. The highest BCUT2D eigenvalue weighted by Crippen LogP contribution is 2.37. The van der Waals surface area contributed by atoms with Crippen molar-refractivity contribution in [2.75, 3.05) is 27.9 Å². The summed E-state index contributed by atoms with van der Waals surface area (Å²) in [7, 11) is 5.01. The third-order valence-electron chi connectivity index (χ3n) is 3.84. The SMILES string of the molecule is COc1cc(OC)c(CC2(C)CCCN2)c(OC)c1. The standard InChI is InChI=1S/C15H23NO3/c1-15(6-5-7-16-15)10-12-13(18-3)8-11(17-2)9-14(12)19-4/h8-9,16H,5-7,10H2,1-4H3. The molecule has 0 saturated carbocycles. The molecule has 1 atom stereocenters. The van der Waals surface area contributed by atoms with Crippen molar-refractivity contribution in [1.29, 1.82) is 0 Å². The van der Waals surface area contributed by atoms with Gasteiger partial charge in [-0.1, -0.05) is 0 Å². The number of hydrogen-bond donors (Lipinski definition) is 1. The van der Waals surface area contributed by atoms with Crippen LogP contribution in [0.5, 0.6) is 17.2 Å². The van der Waals surface area contributed by atoms with E-state index in [1.54, 1.807) is 21.3 Å². The highest BCUT2D eigenvalue weighted by Gasteiger charge is 2.30. The minimum absolute atomic E-state index is 0.120. The van der Waals surface area contributed by atoms with Gasteiger partial charge in [-0.05, 0) is 32.7 Å². The molecular weight excluding hydrogens is 242 g/mol. The van der Waals surface area contributed by atoms with Crippen LogP contribution in [-0.4, -0.2) is 33.4 Å². The van der Waals surface area contributed by atoms with Gasteiger partial charge in [-0.3, -0.25) is 0 Å². The molecule has 1 aliphatic rings. The minimum Gasteiger partial charge on any atom is -0.496 e. The van der Waals surface area contributed by atoms with Crippen LogP contribution >= 0.6 is 0 Å². The summed E-state index contributed by atoms with van der Waals surface area (Å²) >= 11 is 0. The number of ether oxygens (including phenoxy) is 3. The summed E-state index contributed by atoms with van der Waals surface area (Å²) in [4.78, 5) is 0. The van der Waals surface area contributed by atoms with E-state index in [9.17, 15) is 0 Å². The molecule has 0 aliphatic carbocycles. The van der Waals surface area contributed by atoms with Crippen LogP contribution in [0.15, 0.2) is 12.1 Å². The first-order valence-corrected chi connectivity index (χ1v) is 6.66. The molecule has 0 bridgehead atoms. The van der Waals surface area contributed by atoms with Crippen LogP contribution in [0, 0.1) is 0 Å². The van der Waals surface area contributed by atoms with Crippen molar-refractivity contribution >= 4 is 0 Å².